The molecule has 0 aliphatic carbocycles. The van der Waals surface area contributed by atoms with E-state index in [4.69, 9.17) is 4.74 Å². The van der Waals surface area contributed by atoms with Gasteiger partial charge >= 0.3 is 0 Å². The van der Waals surface area contributed by atoms with E-state index >= 15 is 0 Å². The number of anilines is 1. The van der Waals surface area contributed by atoms with Gasteiger partial charge in [0.1, 0.15) is 5.75 Å². The molecule has 5 heteroatoms. The average Bonchev–Trinajstić information content (AvgIpc) is 2.42. The molecule has 0 saturated carbocycles. The van der Waals surface area contributed by atoms with Gasteiger partial charge in [0.05, 0.1) is 13.3 Å². The molecule has 1 N–H and O–H groups in total. The van der Waals surface area contributed by atoms with Crippen LogP contribution in [0, 0.1) is 13.8 Å². The van der Waals surface area contributed by atoms with Crippen LogP contribution in [0.4, 0.5) is 5.69 Å². The number of rotatable bonds is 3. The van der Waals surface area contributed by atoms with Crippen molar-refractivity contribution in [3.63, 3.8) is 0 Å². The summed E-state index contributed by atoms with van der Waals surface area (Å²) in [4.78, 5) is 12.1. The van der Waals surface area contributed by atoms with Gasteiger partial charge < -0.3 is 10.1 Å². The van der Waals surface area contributed by atoms with Gasteiger partial charge in [-0.25, -0.2) is 0 Å². The largest absolute Gasteiger partial charge is 0.497 e. The van der Waals surface area contributed by atoms with Crippen LogP contribution in [0.5, 0.6) is 5.75 Å². The first-order valence-electron chi connectivity index (χ1n) is 5.86. The Kier molecular flexibility index (Phi) is 3.75. The van der Waals surface area contributed by atoms with E-state index in [0.29, 0.717) is 11.4 Å². The van der Waals surface area contributed by atoms with E-state index in [1.54, 1.807) is 37.6 Å². The third-order valence-electron chi connectivity index (χ3n) is 2.92. The summed E-state index contributed by atoms with van der Waals surface area (Å²) in [5.74, 6) is 0.475. The maximum atomic E-state index is 12.1. The van der Waals surface area contributed by atoms with Crippen molar-refractivity contribution in [1.29, 1.82) is 0 Å². The molecule has 0 aliphatic rings. The monoisotopic (exact) mass is 257 g/mol. The fourth-order valence-electron chi connectivity index (χ4n) is 1.61. The number of benzene rings is 1. The van der Waals surface area contributed by atoms with Gasteiger partial charge in [-0.05, 0) is 49.2 Å². The maximum absolute atomic E-state index is 12.1. The van der Waals surface area contributed by atoms with E-state index < -0.39 is 0 Å². The molecular weight excluding hydrogens is 242 g/mol. The number of amides is 1. The van der Waals surface area contributed by atoms with Gasteiger partial charge in [0.25, 0.3) is 5.91 Å². The van der Waals surface area contributed by atoms with Crippen molar-refractivity contribution in [2.45, 2.75) is 13.8 Å². The first kappa shape index (κ1) is 13.0. The molecule has 0 saturated heterocycles. The smallest absolute Gasteiger partial charge is 0.276 e. The average molecular weight is 257 g/mol. The minimum Gasteiger partial charge on any atom is -0.497 e. The molecule has 1 amide bonds. The molecule has 1 aromatic heterocycles. The standard InChI is InChI=1S/C14H15N3O2/c1-9-8-15-17-13(10(9)2)14(18)16-11-4-6-12(19-3)7-5-11/h4-8H,1-3H3,(H,16,18). The Morgan fingerprint density at radius 1 is 1.21 bits per heavy atom. The van der Waals surface area contributed by atoms with E-state index in [1.165, 1.54) is 0 Å². The Morgan fingerprint density at radius 2 is 1.89 bits per heavy atom. The summed E-state index contributed by atoms with van der Waals surface area (Å²) >= 11 is 0. The molecule has 5 nitrogen and oxygen atoms in total. The lowest BCUT2D eigenvalue weighted by atomic mass is 10.1. The summed E-state index contributed by atoms with van der Waals surface area (Å²) in [6, 6.07) is 7.11. The number of carbonyl (C=O) groups excluding carboxylic acids is 1. The number of aromatic nitrogens is 2. The van der Waals surface area contributed by atoms with Crippen LogP contribution in [0.25, 0.3) is 0 Å². The van der Waals surface area contributed by atoms with Gasteiger partial charge in [-0.2, -0.15) is 5.10 Å². The Morgan fingerprint density at radius 3 is 2.53 bits per heavy atom. The van der Waals surface area contributed by atoms with Crippen molar-refractivity contribution < 1.29 is 9.53 Å². The molecule has 0 atom stereocenters. The van der Waals surface area contributed by atoms with Crippen LogP contribution < -0.4 is 10.1 Å². The molecule has 2 aromatic rings. The Hall–Kier alpha value is -2.43. The highest BCUT2D eigenvalue weighted by atomic mass is 16.5. The highest BCUT2D eigenvalue weighted by Crippen LogP contribution is 2.16. The van der Waals surface area contributed by atoms with Crippen LogP contribution in [0.3, 0.4) is 0 Å². The van der Waals surface area contributed by atoms with E-state index in [2.05, 4.69) is 15.5 Å². The number of nitrogens with zero attached hydrogens (tertiary/aromatic N) is 2. The minimum absolute atomic E-state index is 0.265. The molecule has 0 spiro atoms. The first-order chi connectivity index (χ1) is 9.11. The lowest BCUT2D eigenvalue weighted by molar-refractivity contribution is 0.102. The molecule has 1 aromatic carbocycles. The second-order valence-corrected chi connectivity index (χ2v) is 4.18. The lowest BCUT2D eigenvalue weighted by Gasteiger charge is -2.08. The van der Waals surface area contributed by atoms with Crippen molar-refractivity contribution in [3.05, 3.63) is 47.3 Å². The van der Waals surface area contributed by atoms with Crippen LogP contribution in [-0.4, -0.2) is 23.2 Å². The second kappa shape index (κ2) is 5.48. The van der Waals surface area contributed by atoms with Crippen molar-refractivity contribution in [2.24, 2.45) is 0 Å². The third kappa shape index (κ3) is 2.88. The van der Waals surface area contributed by atoms with Crippen LogP contribution in [0.2, 0.25) is 0 Å². The number of ether oxygens (including phenoxy) is 1. The van der Waals surface area contributed by atoms with Crippen LogP contribution in [0.15, 0.2) is 30.5 Å². The molecule has 2 rings (SSSR count). The Bertz CT molecular complexity index is 594. The third-order valence-corrected chi connectivity index (χ3v) is 2.92. The molecule has 0 radical (unpaired) electrons. The van der Waals surface area contributed by atoms with Gasteiger partial charge in [-0.15, -0.1) is 5.10 Å². The highest BCUT2D eigenvalue weighted by Gasteiger charge is 2.13. The lowest BCUT2D eigenvalue weighted by Crippen LogP contribution is -2.16. The predicted octanol–water partition coefficient (Wildman–Crippen LogP) is 2.35. The fraction of sp³-hybridized carbons (Fsp3) is 0.214. The SMILES string of the molecule is COc1ccc(NC(=O)c2nncc(C)c2C)cc1. The summed E-state index contributed by atoms with van der Waals surface area (Å²) in [6.07, 6.45) is 1.64. The van der Waals surface area contributed by atoms with E-state index in [-0.39, 0.29) is 5.91 Å². The molecule has 19 heavy (non-hydrogen) atoms. The number of carbonyl (C=O) groups is 1. The van der Waals surface area contributed by atoms with Gasteiger partial charge in [0.15, 0.2) is 5.69 Å². The molecule has 0 unspecified atom stereocenters. The predicted molar refractivity (Wildman–Crippen MR) is 72.5 cm³/mol. The van der Waals surface area contributed by atoms with Crippen LogP contribution in [-0.2, 0) is 0 Å². The van der Waals surface area contributed by atoms with Crippen molar-refractivity contribution >= 4 is 11.6 Å². The molecule has 0 aliphatic heterocycles. The van der Waals surface area contributed by atoms with Gasteiger partial charge in [-0.3, -0.25) is 4.79 Å². The zero-order chi connectivity index (χ0) is 13.8. The summed E-state index contributed by atoms with van der Waals surface area (Å²) in [5, 5.41) is 10.5. The number of methoxy groups -OCH3 is 1. The van der Waals surface area contributed by atoms with Crippen LogP contribution >= 0.6 is 0 Å². The minimum atomic E-state index is -0.265. The van der Waals surface area contributed by atoms with Gasteiger partial charge in [-0.1, -0.05) is 0 Å². The quantitative estimate of drug-likeness (QED) is 0.916. The Labute approximate surface area is 111 Å². The van der Waals surface area contributed by atoms with E-state index in [9.17, 15) is 4.79 Å². The zero-order valence-electron chi connectivity index (χ0n) is 11.1. The topological polar surface area (TPSA) is 64.1 Å². The van der Waals surface area contributed by atoms with E-state index in [0.717, 1.165) is 16.9 Å². The number of nitrogens with one attached hydrogen (secondary N) is 1. The number of hydrogen-bond donors (Lipinski definition) is 1. The zero-order valence-corrected chi connectivity index (χ0v) is 11.1. The molecule has 98 valence electrons. The maximum Gasteiger partial charge on any atom is 0.276 e. The van der Waals surface area contributed by atoms with E-state index in [1.807, 2.05) is 13.8 Å². The summed E-state index contributed by atoms with van der Waals surface area (Å²) < 4.78 is 5.06. The second-order valence-electron chi connectivity index (χ2n) is 4.18. The normalized spacial score (nSPS) is 10.1. The van der Waals surface area contributed by atoms with Crippen molar-refractivity contribution in [2.75, 3.05) is 12.4 Å². The van der Waals surface area contributed by atoms with Gasteiger partial charge in [0, 0.05) is 5.69 Å². The van der Waals surface area contributed by atoms with Gasteiger partial charge in [0.2, 0.25) is 0 Å². The van der Waals surface area contributed by atoms with Crippen molar-refractivity contribution in [1.82, 2.24) is 10.2 Å². The number of aryl methyl sites for hydroxylation is 1. The summed E-state index contributed by atoms with van der Waals surface area (Å²) in [5.41, 5.74) is 2.81. The summed E-state index contributed by atoms with van der Waals surface area (Å²) in [7, 11) is 1.60. The number of hydrogen-bond acceptors (Lipinski definition) is 4. The Balaban J connectivity index is 2.18. The van der Waals surface area contributed by atoms with Crippen molar-refractivity contribution in [3.8, 4) is 5.75 Å². The highest BCUT2D eigenvalue weighted by molar-refractivity contribution is 6.03. The first-order valence-corrected chi connectivity index (χ1v) is 5.86. The summed E-state index contributed by atoms with van der Waals surface area (Å²) in [6.45, 7) is 3.75. The molecule has 0 fully saturated rings. The molecule has 0 bridgehead atoms. The molecular formula is C14H15N3O2. The molecule has 1 heterocycles. The fourth-order valence-corrected chi connectivity index (χ4v) is 1.61. The van der Waals surface area contributed by atoms with Crippen LogP contribution in [0.1, 0.15) is 21.6 Å².